The Kier molecular flexibility index (Phi) is 8.43. The van der Waals surface area contributed by atoms with Crippen LogP contribution in [-0.4, -0.2) is 68.9 Å². The molecule has 0 bridgehead atoms. The van der Waals surface area contributed by atoms with Crippen molar-refractivity contribution in [1.29, 1.82) is 0 Å². The Balaban J connectivity index is 0.00000312. The summed E-state index contributed by atoms with van der Waals surface area (Å²) in [5.74, 6) is 1.28. The van der Waals surface area contributed by atoms with Gasteiger partial charge in [0.25, 0.3) is 0 Å². The van der Waals surface area contributed by atoms with Crippen molar-refractivity contribution in [1.82, 2.24) is 15.5 Å². The number of nitrogens with one attached hydrogen (secondary N) is 2. The molecule has 1 saturated carbocycles. The quantitative estimate of drug-likeness (QED) is 0.262. The number of rotatable bonds is 5. The van der Waals surface area contributed by atoms with Crippen LogP contribution in [0.5, 0.6) is 0 Å². The van der Waals surface area contributed by atoms with Gasteiger partial charge in [-0.25, -0.2) is 8.42 Å². The lowest BCUT2D eigenvalue weighted by atomic mass is 9.85. The maximum Gasteiger partial charge on any atom is 0.223 e. The number of hydrogen-bond donors (Lipinski definition) is 2. The number of carbonyl (C=O) groups excluding carboxylic acids is 1. The minimum atomic E-state index is -3.05. The van der Waals surface area contributed by atoms with E-state index in [1.807, 2.05) is 4.90 Å². The number of amides is 1. The van der Waals surface area contributed by atoms with Gasteiger partial charge in [-0.15, -0.1) is 24.0 Å². The fraction of sp³-hybridized carbons (Fsp3) is 0.875. The van der Waals surface area contributed by atoms with Gasteiger partial charge in [0.05, 0.1) is 10.5 Å². The summed E-state index contributed by atoms with van der Waals surface area (Å²) in [5, 5.41) is 6.23. The fourth-order valence-electron chi connectivity index (χ4n) is 2.97. The Bertz CT molecular complexity index is 588. The van der Waals surface area contributed by atoms with Crippen LogP contribution in [0.2, 0.25) is 0 Å². The number of halogens is 1. The van der Waals surface area contributed by atoms with Crippen LogP contribution in [-0.2, 0) is 14.6 Å². The summed E-state index contributed by atoms with van der Waals surface area (Å²) in [6.07, 6.45) is 4.01. The summed E-state index contributed by atoms with van der Waals surface area (Å²) >= 11 is 0. The van der Waals surface area contributed by atoms with Crippen molar-refractivity contribution < 1.29 is 13.2 Å². The maximum atomic E-state index is 12.1. The number of hydrogen-bond acceptors (Lipinski definition) is 4. The molecule has 0 atom stereocenters. The summed E-state index contributed by atoms with van der Waals surface area (Å²) in [6.45, 7) is 5.77. The highest BCUT2D eigenvalue weighted by atomic mass is 127. The molecule has 7 nitrogen and oxygen atoms in total. The highest BCUT2D eigenvalue weighted by molar-refractivity contribution is 14.0. The van der Waals surface area contributed by atoms with E-state index in [0.717, 1.165) is 31.6 Å². The van der Waals surface area contributed by atoms with E-state index in [0.29, 0.717) is 26.2 Å². The van der Waals surface area contributed by atoms with Crippen LogP contribution in [0.3, 0.4) is 0 Å². The van der Waals surface area contributed by atoms with E-state index in [4.69, 9.17) is 0 Å². The van der Waals surface area contributed by atoms with E-state index in [1.54, 1.807) is 20.9 Å². The van der Waals surface area contributed by atoms with Crippen LogP contribution in [0.1, 0.15) is 39.5 Å². The Labute approximate surface area is 168 Å². The van der Waals surface area contributed by atoms with E-state index in [9.17, 15) is 13.2 Å². The summed E-state index contributed by atoms with van der Waals surface area (Å²) in [7, 11) is -1.35. The molecule has 0 radical (unpaired) electrons. The van der Waals surface area contributed by atoms with Crippen LogP contribution >= 0.6 is 24.0 Å². The monoisotopic (exact) mass is 486 g/mol. The summed E-state index contributed by atoms with van der Waals surface area (Å²) in [4.78, 5) is 18.0. The number of nitrogens with zero attached hydrogens (tertiary/aromatic N) is 2. The standard InChI is InChI=1S/C16H30N4O3S.HI/c1-16(2)12-20(10-11-24(16,22)23)15(17-3)19-9-5-8-18-14(21)13-6-4-7-13;/h13H,4-12H2,1-3H3,(H,17,19)(H,18,21);1H. The molecule has 0 aromatic carbocycles. The van der Waals surface area contributed by atoms with Crippen LogP contribution < -0.4 is 10.6 Å². The third-order valence-electron chi connectivity index (χ3n) is 4.97. The average molecular weight is 486 g/mol. The maximum absolute atomic E-state index is 12.1. The minimum absolute atomic E-state index is 0. The Morgan fingerprint density at radius 1 is 1.24 bits per heavy atom. The van der Waals surface area contributed by atoms with Crippen molar-refractivity contribution in [2.24, 2.45) is 10.9 Å². The molecule has 2 fully saturated rings. The van der Waals surface area contributed by atoms with E-state index in [-0.39, 0.29) is 41.6 Å². The third kappa shape index (κ3) is 5.70. The molecule has 146 valence electrons. The van der Waals surface area contributed by atoms with Crippen molar-refractivity contribution in [2.45, 2.75) is 44.3 Å². The zero-order valence-corrected chi connectivity index (χ0v) is 18.5. The first-order chi connectivity index (χ1) is 11.3. The zero-order valence-electron chi connectivity index (χ0n) is 15.4. The SMILES string of the molecule is CN=C(NCCCNC(=O)C1CCC1)N1CCS(=O)(=O)C(C)(C)C1.I. The molecule has 25 heavy (non-hydrogen) atoms. The van der Waals surface area contributed by atoms with E-state index in [1.165, 1.54) is 0 Å². The number of sulfone groups is 1. The van der Waals surface area contributed by atoms with Gasteiger partial charge in [-0.2, -0.15) is 0 Å². The second-order valence-electron chi connectivity index (χ2n) is 7.25. The van der Waals surface area contributed by atoms with Gasteiger partial charge in [-0.05, 0) is 33.1 Å². The first kappa shape index (κ1) is 22.5. The number of carbonyl (C=O) groups is 1. The molecule has 1 heterocycles. The lowest BCUT2D eigenvalue weighted by molar-refractivity contribution is -0.127. The fourth-order valence-corrected chi connectivity index (χ4v) is 4.34. The molecule has 1 aliphatic carbocycles. The normalized spacial score (nSPS) is 22.5. The van der Waals surface area contributed by atoms with Crippen LogP contribution in [0, 0.1) is 5.92 Å². The molecule has 1 amide bonds. The summed E-state index contributed by atoms with van der Waals surface area (Å²) in [6, 6.07) is 0. The van der Waals surface area contributed by atoms with E-state index < -0.39 is 14.6 Å². The second-order valence-corrected chi connectivity index (χ2v) is 9.99. The third-order valence-corrected chi connectivity index (χ3v) is 7.50. The molecule has 1 saturated heterocycles. The lowest BCUT2D eigenvalue weighted by Gasteiger charge is -2.39. The van der Waals surface area contributed by atoms with Crippen molar-refractivity contribution in [3.05, 3.63) is 0 Å². The van der Waals surface area contributed by atoms with Gasteiger partial charge >= 0.3 is 0 Å². The largest absolute Gasteiger partial charge is 0.356 e. The van der Waals surface area contributed by atoms with Crippen LogP contribution in [0.25, 0.3) is 0 Å². The predicted octanol–water partition coefficient (Wildman–Crippen LogP) is 0.995. The summed E-state index contributed by atoms with van der Waals surface area (Å²) in [5.41, 5.74) is 0. The van der Waals surface area contributed by atoms with E-state index in [2.05, 4.69) is 15.6 Å². The topological polar surface area (TPSA) is 90.9 Å². The first-order valence-corrected chi connectivity index (χ1v) is 10.4. The summed E-state index contributed by atoms with van der Waals surface area (Å²) < 4.78 is 23.4. The highest BCUT2D eigenvalue weighted by Crippen LogP contribution is 2.26. The molecule has 2 aliphatic rings. The average Bonchev–Trinajstić information content (AvgIpc) is 2.44. The van der Waals surface area contributed by atoms with Gasteiger partial charge in [0.2, 0.25) is 5.91 Å². The van der Waals surface area contributed by atoms with Crippen molar-refractivity contribution >= 4 is 45.7 Å². The molecule has 0 unspecified atom stereocenters. The highest BCUT2D eigenvalue weighted by Gasteiger charge is 2.40. The molecule has 2 N–H and O–H groups in total. The minimum Gasteiger partial charge on any atom is -0.356 e. The van der Waals surface area contributed by atoms with Crippen molar-refractivity contribution in [2.75, 3.05) is 39.0 Å². The molecular formula is C16H31IN4O3S. The second kappa shape index (κ2) is 9.38. The molecule has 9 heteroatoms. The van der Waals surface area contributed by atoms with Crippen molar-refractivity contribution in [3.8, 4) is 0 Å². The van der Waals surface area contributed by atoms with E-state index >= 15 is 0 Å². The number of aliphatic imine (C=N–C) groups is 1. The Hall–Kier alpha value is -0.580. The molecular weight excluding hydrogens is 455 g/mol. The molecule has 0 spiro atoms. The van der Waals surface area contributed by atoms with Gasteiger partial charge in [-0.3, -0.25) is 9.79 Å². The van der Waals surface area contributed by atoms with Crippen LogP contribution in [0.4, 0.5) is 0 Å². The lowest BCUT2D eigenvalue weighted by Crippen LogP contribution is -2.57. The molecule has 0 aromatic heterocycles. The van der Waals surface area contributed by atoms with Crippen LogP contribution in [0.15, 0.2) is 4.99 Å². The Morgan fingerprint density at radius 2 is 1.88 bits per heavy atom. The molecule has 1 aliphatic heterocycles. The van der Waals surface area contributed by atoms with Gasteiger partial charge in [0.15, 0.2) is 15.8 Å². The first-order valence-electron chi connectivity index (χ1n) is 8.72. The smallest absolute Gasteiger partial charge is 0.223 e. The van der Waals surface area contributed by atoms with Gasteiger partial charge in [-0.1, -0.05) is 6.42 Å². The zero-order chi connectivity index (χ0) is 17.8. The van der Waals surface area contributed by atoms with Crippen molar-refractivity contribution in [3.63, 3.8) is 0 Å². The number of guanidine groups is 1. The van der Waals surface area contributed by atoms with Gasteiger partial charge < -0.3 is 15.5 Å². The van der Waals surface area contributed by atoms with Gasteiger partial charge in [0.1, 0.15) is 0 Å². The predicted molar refractivity (Wildman–Crippen MR) is 111 cm³/mol. The molecule has 0 aromatic rings. The Morgan fingerprint density at radius 3 is 2.40 bits per heavy atom. The van der Waals surface area contributed by atoms with Gasteiger partial charge in [0, 0.05) is 39.1 Å². The molecule has 2 rings (SSSR count).